The summed E-state index contributed by atoms with van der Waals surface area (Å²) in [4.78, 5) is 14.4. The molecule has 0 radical (unpaired) electrons. The van der Waals surface area contributed by atoms with Crippen molar-refractivity contribution in [2.24, 2.45) is 0 Å². The minimum absolute atomic E-state index is 0.00818. The van der Waals surface area contributed by atoms with Crippen molar-refractivity contribution in [2.45, 2.75) is 58.5 Å². The van der Waals surface area contributed by atoms with Crippen molar-refractivity contribution in [1.82, 2.24) is 15.1 Å². The number of nitrogens with one attached hydrogen (secondary N) is 1. The Hall–Kier alpha value is -1.36. The molecule has 0 bridgehead atoms. The zero-order valence-corrected chi connectivity index (χ0v) is 13.6. The van der Waals surface area contributed by atoms with E-state index in [4.69, 9.17) is 0 Å². The molecule has 1 aromatic heterocycles. The lowest BCUT2D eigenvalue weighted by Gasteiger charge is -2.28. The molecule has 0 amide bonds. The van der Waals surface area contributed by atoms with Crippen LogP contribution in [0.25, 0.3) is 0 Å². The van der Waals surface area contributed by atoms with Crippen molar-refractivity contribution in [3.63, 3.8) is 0 Å². The van der Waals surface area contributed by atoms with E-state index in [1.807, 2.05) is 6.20 Å². The zero-order chi connectivity index (χ0) is 15.3. The van der Waals surface area contributed by atoms with Crippen LogP contribution in [0.15, 0.2) is 17.1 Å². The second-order valence-electron chi connectivity index (χ2n) is 6.85. The molecule has 0 aromatic carbocycles. The number of hydrogen-bond acceptors (Lipinski definition) is 4. The number of aryl methyl sites for hydroxylation is 1. The van der Waals surface area contributed by atoms with E-state index in [-0.39, 0.29) is 11.1 Å². The fourth-order valence-corrected chi connectivity index (χ4v) is 2.61. The van der Waals surface area contributed by atoms with Gasteiger partial charge in [0.1, 0.15) is 0 Å². The van der Waals surface area contributed by atoms with E-state index >= 15 is 0 Å². The van der Waals surface area contributed by atoms with Crippen molar-refractivity contribution in [2.75, 3.05) is 24.5 Å². The Labute approximate surface area is 127 Å². The third-order valence-electron chi connectivity index (χ3n) is 3.78. The van der Waals surface area contributed by atoms with Crippen molar-refractivity contribution in [3.8, 4) is 0 Å². The molecule has 1 fully saturated rings. The van der Waals surface area contributed by atoms with E-state index < -0.39 is 0 Å². The Kier molecular flexibility index (Phi) is 5.39. The Morgan fingerprint density at radius 2 is 1.95 bits per heavy atom. The highest BCUT2D eigenvalue weighted by molar-refractivity contribution is 5.43. The van der Waals surface area contributed by atoms with E-state index in [1.54, 1.807) is 10.7 Å². The predicted octanol–water partition coefficient (Wildman–Crippen LogP) is 2.01. The third kappa shape index (κ3) is 5.16. The van der Waals surface area contributed by atoms with Gasteiger partial charge in [0.05, 0.1) is 11.9 Å². The summed E-state index contributed by atoms with van der Waals surface area (Å²) in [6.07, 6.45) is 6.46. The van der Waals surface area contributed by atoms with Crippen LogP contribution in [0.2, 0.25) is 0 Å². The van der Waals surface area contributed by atoms with Crippen molar-refractivity contribution >= 4 is 5.69 Å². The zero-order valence-electron chi connectivity index (χ0n) is 13.6. The van der Waals surface area contributed by atoms with E-state index in [2.05, 4.69) is 36.1 Å². The van der Waals surface area contributed by atoms with Crippen LogP contribution in [-0.2, 0) is 6.54 Å². The first-order valence-electron chi connectivity index (χ1n) is 8.03. The van der Waals surface area contributed by atoms with Gasteiger partial charge in [-0.15, -0.1) is 0 Å². The quantitative estimate of drug-likeness (QED) is 0.844. The average Bonchev–Trinajstić information content (AvgIpc) is 2.45. The second-order valence-corrected chi connectivity index (χ2v) is 6.85. The normalized spacial score (nSPS) is 16.2. The minimum Gasteiger partial charge on any atom is -0.370 e. The van der Waals surface area contributed by atoms with Crippen molar-refractivity contribution in [1.29, 1.82) is 0 Å². The molecule has 0 unspecified atom stereocenters. The molecular formula is C16H28N4O. The van der Waals surface area contributed by atoms with Gasteiger partial charge in [0.15, 0.2) is 0 Å². The first kappa shape index (κ1) is 16.0. The Balaban J connectivity index is 1.88. The number of hydrogen-bond donors (Lipinski definition) is 1. The molecule has 2 heterocycles. The second kappa shape index (κ2) is 7.07. The number of piperidine rings is 1. The molecule has 1 aliphatic rings. The number of nitrogens with zero attached hydrogens (tertiary/aromatic N) is 3. The van der Waals surface area contributed by atoms with Gasteiger partial charge in [-0.3, -0.25) is 4.79 Å². The highest BCUT2D eigenvalue weighted by atomic mass is 16.1. The Morgan fingerprint density at radius 3 is 2.57 bits per heavy atom. The number of anilines is 1. The summed E-state index contributed by atoms with van der Waals surface area (Å²) in [6.45, 7) is 10.1. The van der Waals surface area contributed by atoms with E-state index in [9.17, 15) is 4.79 Å². The van der Waals surface area contributed by atoms with Crippen LogP contribution in [0.1, 0.15) is 46.5 Å². The lowest BCUT2D eigenvalue weighted by molar-refractivity contribution is 0.406. The Morgan fingerprint density at radius 1 is 1.24 bits per heavy atom. The van der Waals surface area contributed by atoms with Crippen molar-refractivity contribution < 1.29 is 0 Å². The molecule has 0 aliphatic carbocycles. The summed E-state index contributed by atoms with van der Waals surface area (Å²) in [7, 11) is 0. The Bertz CT molecular complexity index is 498. The maximum atomic E-state index is 12.1. The molecular weight excluding hydrogens is 264 g/mol. The van der Waals surface area contributed by atoms with Gasteiger partial charge in [0.25, 0.3) is 5.56 Å². The summed E-state index contributed by atoms with van der Waals surface area (Å²) < 4.78 is 1.57. The smallest absolute Gasteiger partial charge is 0.268 e. The number of rotatable bonds is 5. The van der Waals surface area contributed by atoms with Crippen LogP contribution in [-0.4, -0.2) is 35.0 Å². The highest BCUT2D eigenvalue weighted by Crippen LogP contribution is 2.16. The fourth-order valence-electron chi connectivity index (χ4n) is 2.61. The van der Waals surface area contributed by atoms with E-state index in [0.29, 0.717) is 6.54 Å². The topological polar surface area (TPSA) is 50.2 Å². The first-order valence-corrected chi connectivity index (χ1v) is 8.03. The van der Waals surface area contributed by atoms with Crippen molar-refractivity contribution in [3.05, 3.63) is 22.6 Å². The minimum atomic E-state index is 0.00818. The van der Waals surface area contributed by atoms with Crippen LogP contribution in [0.5, 0.6) is 0 Å². The van der Waals surface area contributed by atoms with Crippen LogP contribution < -0.4 is 15.8 Å². The first-order chi connectivity index (χ1) is 9.96. The summed E-state index contributed by atoms with van der Waals surface area (Å²) in [5.74, 6) is 0. The molecule has 2 rings (SSSR count). The van der Waals surface area contributed by atoms with Gasteiger partial charge in [-0.1, -0.05) is 0 Å². The van der Waals surface area contributed by atoms with Gasteiger partial charge < -0.3 is 10.2 Å². The summed E-state index contributed by atoms with van der Waals surface area (Å²) in [5.41, 5.74) is 1.11. The van der Waals surface area contributed by atoms with Gasteiger partial charge in [-0.05, 0) is 53.0 Å². The SMILES string of the molecule is CC(C)(C)NCCCn1ncc(N2CCCCC2)cc1=O. The lowest BCUT2D eigenvalue weighted by atomic mass is 10.1. The summed E-state index contributed by atoms with van der Waals surface area (Å²) in [6, 6.07) is 1.73. The van der Waals surface area contributed by atoms with Gasteiger partial charge in [0.2, 0.25) is 0 Å². The van der Waals surface area contributed by atoms with E-state index in [0.717, 1.165) is 31.7 Å². The maximum Gasteiger partial charge on any atom is 0.268 e. The van der Waals surface area contributed by atoms with Crippen LogP contribution in [0.4, 0.5) is 5.69 Å². The molecule has 5 heteroatoms. The summed E-state index contributed by atoms with van der Waals surface area (Å²) >= 11 is 0. The van der Waals surface area contributed by atoms with Gasteiger partial charge in [0, 0.05) is 31.2 Å². The average molecular weight is 292 g/mol. The van der Waals surface area contributed by atoms with E-state index in [1.165, 1.54) is 19.3 Å². The molecule has 1 saturated heterocycles. The molecule has 1 aromatic rings. The lowest BCUT2D eigenvalue weighted by Crippen LogP contribution is -2.37. The molecule has 1 aliphatic heterocycles. The third-order valence-corrected chi connectivity index (χ3v) is 3.78. The predicted molar refractivity (Wildman–Crippen MR) is 86.9 cm³/mol. The molecule has 21 heavy (non-hydrogen) atoms. The monoisotopic (exact) mass is 292 g/mol. The van der Waals surface area contributed by atoms with Gasteiger partial charge in [-0.2, -0.15) is 5.10 Å². The van der Waals surface area contributed by atoms with Crippen LogP contribution in [0.3, 0.4) is 0 Å². The molecule has 0 spiro atoms. The highest BCUT2D eigenvalue weighted by Gasteiger charge is 2.12. The van der Waals surface area contributed by atoms with Crippen LogP contribution in [0, 0.1) is 0 Å². The van der Waals surface area contributed by atoms with Crippen LogP contribution >= 0.6 is 0 Å². The number of aromatic nitrogens is 2. The molecule has 0 atom stereocenters. The molecule has 0 saturated carbocycles. The largest absolute Gasteiger partial charge is 0.370 e. The molecule has 5 nitrogen and oxygen atoms in total. The standard InChI is InChI=1S/C16H28N4O/c1-16(2,3)17-8-7-11-20-15(21)12-14(13-18-20)19-9-5-4-6-10-19/h12-13,17H,4-11H2,1-3H3. The maximum absolute atomic E-state index is 12.1. The van der Waals surface area contributed by atoms with Gasteiger partial charge in [-0.25, -0.2) is 4.68 Å². The fraction of sp³-hybridized carbons (Fsp3) is 0.750. The van der Waals surface area contributed by atoms with Gasteiger partial charge >= 0.3 is 0 Å². The summed E-state index contributed by atoms with van der Waals surface area (Å²) in [5, 5.41) is 7.75. The molecule has 1 N–H and O–H groups in total. The molecule has 118 valence electrons.